The molecule has 17 heavy (non-hydrogen) atoms. The Balaban J connectivity index is 2.86. The van der Waals surface area contributed by atoms with Gasteiger partial charge < -0.3 is 10.5 Å². The monoisotopic (exact) mass is 252 g/mol. The first-order valence-corrected chi connectivity index (χ1v) is 5.47. The van der Waals surface area contributed by atoms with Crippen molar-refractivity contribution in [3.63, 3.8) is 0 Å². The maximum Gasteiger partial charge on any atom is 0.411 e. The van der Waals surface area contributed by atoms with Gasteiger partial charge in [-0.05, 0) is 25.1 Å². The van der Waals surface area contributed by atoms with Gasteiger partial charge in [0.25, 0.3) is 0 Å². The van der Waals surface area contributed by atoms with Crippen molar-refractivity contribution in [3.05, 3.63) is 28.8 Å². The van der Waals surface area contributed by atoms with Crippen molar-refractivity contribution in [3.8, 4) is 11.8 Å². The number of nitrogens with one attached hydrogen (secondary N) is 1. The van der Waals surface area contributed by atoms with E-state index in [4.69, 9.17) is 22.1 Å². The van der Waals surface area contributed by atoms with Crippen molar-refractivity contribution in [2.75, 3.05) is 18.5 Å². The van der Waals surface area contributed by atoms with Crippen molar-refractivity contribution in [2.45, 2.75) is 6.92 Å². The molecule has 0 saturated heterocycles. The highest BCUT2D eigenvalue weighted by Crippen LogP contribution is 2.22. The van der Waals surface area contributed by atoms with Crippen LogP contribution in [0, 0.1) is 11.8 Å². The molecular formula is C12H13ClN2O2. The Bertz CT molecular complexity index is 463. The lowest BCUT2D eigenvalue weighted by atomic mass is 10.2. The number of ether oxygens (including phenoxy) is 1. The minimum absolute atomic E-state index is 0.281. The van der Waals surface area contributed by atoms with Crippen molar-refractivity contribution < 1.29 is 9.53 Å². The lowest BCUT2D eigenvalue weighted by Gasteiger charge is -2.07. The Labute approximate surface area is 105 Å². The average Bonchev–Trinajstić information content (AvgIpc) is 2.30. The molecule has 0 aliphatic rings. The van der Waals surface area contributed by atoms with Crippen LogP contribution in [0.25, 0.3) is 0 Å². The van der Waals surface area contributed by atoms with Gasteiger partial charge in [-0.15, -0.1) is 0 Å². The van der Waals surface area contributed by atoms with Crippen LogP contribution in [0.3, 0.4) is 0 Å². The Hall–Kier alpha value is -1.70. The predicted molar refractivity (Wildman–Crippen MR) is 68.0 cm³/mol. The summed E-state index contributed by atoms with van der Waals surface area (Å²) in [5.41, 5.74) is 6.47. The minimum Gasteiger partial charge on any atom is -0.450 e. The summed E-state index contributed by atoms with van der Waals surface area (Å²) in [5.74, 6) is 5.57. The van der Waals surface area contributed by atoms with E-state index < -0.39 is 6.09 Å². The van der Waals surface area contributed by atoms with Gasteiger partial charge >= 0.3 is 6.09 Å². The number of benzene rings is 1. The predicted octanol–water partition coefficient (Wildman–Crippen LogP) is 2.22. The zero-order valence-electron chi connectivity index (χ0n) is 9.42. The SMILES string of the molecule is CCOC(=O)Nc1cc(C#CCN)ccc1Cl. The number of nitrogens with two attached hydrogens (primary N) is 1. The summed E-state index contributed by atoms with van der Waals surface area (Å²) in [5, 5.41) is 2.96. The van der Waals surface area contributed by atoms with E-state index in [2.05, 4.69) is 17.2 Å². The lowest BCUT2D eigenvalue weighted by Crippen LogP contribution is -2.13. The summed E-state index contributed by atoms with van der Waals surface area (Å²) >= 11 is 5.93. The first-order chi connectivity index (χ1) is 8.17. The molecule has 0 aliphatic carbocycles. The third kappa shape index (κ3) is 4.35. The standard InChI is InChI=1S/C12H13ClN2O2/c1-2-17-12(16)15-11-8-9(4-3-7-14)5-6-10(11)13/h5-6,8H,2,7,14H2,1H3,(H,15,16). The molecule has 0 bridgehead atoms. The van der Waals surface area contributed by atoms with E-state index in [1.165, 1.54) is 0 Å². The van der Waals surface area contributed by atoms with Crippen LogP contribution in [-0.4, -0.2) is 19.2 Å². The van der Waals surface area contributed by atoms with E-state index in [9.17, 15) is 4.79 Å². The molecule has 4 nitrogen and oxygen atoms in total. The molecule has 0 radical (unpaired) electrons. The molecule has 0 aromatic heterocycles. The summed E-state index contributed by atoms with van der Waals surface area (Å²) in [7, 11) is 0. The first-order valence-electron chi connectivity index (χ1n) is 5.09. The molecule has 1 rings (SSSR count). The number of hydrogen-bond donors (Lipinski definition) is 2. The number of anilines is 1. The fourth-order valence-corrected chi connectivity index (χ4v) is 1.29. The fourth-order valence-electron chi connectivity index (χ4n) is 1.13. The molecule has 0 spiro atoms. The highest BCUT2D eigenvalue weighted by atomic mass is 35.5. The van der Waals surface area contributed by atoms with E-state index in [1.807, 2.05) is 0 Å². The third-order valence-electron chi connectivity index (χ3n) is 1.81. The van der Waals surface area contributed by atoms with E-state index in [-0.39, 0.29) is 6.54 Å². The molecule has 0 unspecified atom stereocenters. The first kappa shape index (κ1) is 13.4. The van der Waals surface area contributed by atoms with Crippen LogP contribution in [0.5, 0.6) is 0 Å². The van der Waals surface area contributed by atoms with Crippen LogP contribution in [0.4, 0.5) is 10.5 Å². The molecule has 90 valence electrons. The molecule has 0 heterocycles. The molecular weight excluding hydrogens is 240 g/mol. The van der Waals surface area contributed by atoms with Crippen molar-refractivity contribution in [1.29, 1.82) is 0 Å². The molecule has 1 aromatic rings. The van der Waals surface area contributed by atoms with Crippen LogP contribution in [-0.2, 0) is 4.74 Å². The Kier molecular flexibility index (Phi) is 5.34. The van der Waals surface area contributed by atoms with Crippen molar-refractivity contribution in [2.24, 2.45) is 5.73 Å². The van der Waals surface area contributed by atoms with Gasteiger partial charge in [0.05, 0.1) is 23.9 Å². The highest BCUT2D eigenvalue weighted by molar-refractivity contribution is 6.33. The molecule has 3 N–H and O–H groups in total. The lowest BCUT2D eigenvalue weighted by molar-refractivity contribution is 0.168. The van der Waals surface area contributed by atoms with Gasteiger partial charge in [0.15, 0.2) is 0 Å². The van der Waals surface area contributed by atoms with Gasteiger partial charge in [0, 0.05) is 5.56 Å². The number of amides is 1. The van der Waals surface area contributed by atoms with Gasteiger partial charge in [-0.3, -0.25) is 5.32 Å². The number of carbonyl (C=O) groups is 1. The van der Waals surface area contributed by atoms with Gasteiger partial charge in [0.1, 0.15) is 0 Å². The number of hydrogen-bond acceptors (Lipinski definition) is 3. The van der Waals surface area contributed by atoms with Crippen LogP contribution < -0.4 is 11.1 Å². The smallest absolute Gasteiger partial charge is 0.411 e. The van der Waals surface area contributed by atoms with Gasteiger partial charge in [-0.2, -0.15) is 0 Å². The second-order valence-electron chi connectivity index (χ2n) is 3.05. The largest absolute Gasteiger partial charge is 0.450 e. The Morgan fingerprint density at radius 2 is 2.35 bits per heavy atom. The normalized spacial score (nSPS) is 9.12. The van der Waals surface area contributed by atoms with E-state index in [0.29, 0.717) is 17.3 Å². The summed E-state index contributed by atoms with van der Waals surface area (Å²) in [6.07, 6.45) is -0.543. The molecule has 5 heteroatoms. The molecule has 0 aliphatic heterocycles. The number of halogens is 1. The zero-order valence-corrected chi connectivity index (χ0v) is 10.2. The second-order valence-corrected chi connectivity index (χ2v) is 3.45. The summed E-state index contributed by atoms with van der Waals surface area (Å²) < 4.78 is 4.76. The second kappa shape index (κ2) is 6.79. The zero-order chi connectivity index (χ0) is 12.7. The van der Waals surface area contributed by atoms with Crippen molar-refractivity contribution in [1.82, 2.24) is 0 Å². The maximum absolute atomic E-state index is 11.2. The van der Waals surface area contributed by atoms with E-state index in [0.717, 1.165) is 5.56 Å². The van der Waals surface area contributed by atoms with Crippen molar-refractivity contribution >= 4 is 23.4 Å². The maximum atomic E-state index is 11.2. The fraction of sp³-hybridized carbons (Fsp3) is 0.250. The van der Waals surface area contributed by atoms with E-state index in [1.54, 1.807) is 25.1 Å². The number of rotatable bonds is 2. The molecule has 0 atom stereocenters. The van der Waals surface area contributed by atoms with Gasteiger partial charge in [-0.25, -0.2) is 4.79 Å². The Morgan fingerprint density at radius 3 is 3.00 bits per heavy atom. The quantitative estimate of drug-likeness (QED) is 0.794. The van der Waals surface area contributed by atoms with Gasteiger partial charge in [-0.1, -0.05) is 23.4 Å². The van der Waals surface area contributed by atoms with Crippen LogP contribution in [0.2, 0.25) is 5.02 Å². The van der Waals surface area contributed by atoms with Crippen LogP contribution in [0.15, 0.2) is 18.2 Å². The summed E-state index contributed by atoms with van der Waals surface area (Å²) in [4.78, 5) is 11.2. The molecule has 0 saturated carbocycles. The van der Waals surface area contributed by atoms with Crippen LogP contribution >= 0.6 is 11.6 Å². The van der Waals surface area contributed by atoms with Gasteiger partial charge in [0.2, 0.25) is 0 Å². The highest BCUT2D eigenvalue weighted by Gasteiger charge is 2.06. The van der Waals surface area contributed by atoms with E-state index >= 15 is 0 Å². The molecule has 0 fully saturated rings. The van der Waals surface area contributed by atoms with Crippen LogP contribution in [0.1, 0.15) is 12.5 Å². The Morgan fingerprint density at radius 1 is 1.59 bits per heavy atom. The molecule has 1 aromatic carbocycles. The number of carbonyl (C=O) groups excluding carboxylic acids is 1. The summed E-state index contributed by atoms with van der Waals surface area (Å²) in [6.45, 7) is 2.31. The average molecular weight is 253 g/mol. The minimum atomic E-state index is -0.543. The summed E-state index contributed by atoms with van der Waals surface area (Å²) in [6, 6.07) is 5.08. The molecule has 1 amide bonds. The topological polar surface area (TPSA) is 64.3 Å². The third-order valence-corrected chi connectivity index (χ3v) is 2.14.